The number of carbonyl (C=O) groups is 1. The van der Waals surface area contributed by atoms with Gasteiger partial charge in [-0.15, -0.1) is 0 Å². The smallest absolute Gasteiger partial charge is 0.164 e. The zero-order chi connectivity index (χ0) is 11.3. The van der Waals surface area contributed by atoms with E-state index in [1.807, 2.05) is 6.92 Å². The normalized spacial score (nSPS) is 19.7. The molecule has 0 heterocycles. The standard InChI is InChI=1S/C13H24O2/c1-4-15-10-12(14)13(9-11(2)3)7-5-6-8-13/h11H,4-10H2,1-3H3. The number of rotatable bonds is 6. The summed E-state index contributed by atoms with van der Waals surface area (Å²) in [6.45, 7) is 7.31. The van der Waals surface area contributed by atoms with Gasteiger partial charge in [0.25, 0.3) is 0 Å². The Balaban J connectivity index is 2.59. The van der Waals surface area contributed by atoms with Gasteiger partial charge in [0.1, 0.15) is 6.61 Å². The van der Waals surface area contributed by atoms with Gasteiger partial charge in [-0.3, -0.25) is 4.79 Å². The fourth-order valence-corrected chi connectivity index (χ4v) is 2.78. The van der Waals surface area contributed by atoms with Crippen LogP contribution in [-0.2, 0) is 9.53 Å². The van der Waals surface area contributed by atoms with Gasteiger partial charge < -0.3 is 4.74 Å². The lowest BCUT2D eigenvalue weighted by molar-refractivity contribution is -0.134. The molecule has 1 fully saturated rings. The summed E-state index contributed by atoms with van der Waals surface area (Å²) in [6, 6.07) is 0. The summed E-state index contributed by atoms with van der Waals surface area (Å²) < 4.78 is 5.26. The minimum atomic E-state index is -0.0384. The van der Waals surface area contributed by atoms with E-state index in [0.29, 0.717) is 24.9 Å². The largest absolute Gasteiger partial charge is 0.374 e. The van der Waals surface area contributed by atoms with E-state index in [9.17, 15) is 4.79 Å². The van der Waals surface area contributed by atoms with Crippen molar-refractivity contribution in [1.82, 2.24) is 0 Å². The van der Waals surface area contributed by atoms with E-state index in [2.05, 4.69) is 13.8 Å². The molecular weight excluding hydrogens is 188 g/mol. The molecule has 0 aliphatic heterocycles. The Labute approximate surface area is 93.4 Å². The van der Waals surface area contributed by atoms with Crippen LogP contribution in [0.4, 0.5) is 0 Å². The third-order valence-electron chi connectivity index (χ3n) is 3.39. The van der Waals surface area contributed by atoms with Gasteiger partial charge in [0.15, 0.2) is 5.78 Å². The molecule has 2 nitrogen and oxygen atoms in total. The first-order valence-corrected chi connectivity index (χ1v) is 6.22. The van der Waals surface area contributed by atoms with Crippen LogP contribution in [0.1, 0.15) is 52.9 Å². The Hall–Kier alpha value is -0.370. The zero-order valence-electron chi connectivity index (χ0n) is 10.3. The molecule has 1 aliphatic rings. The molecule has 1 aliphatic carbocycles. The molecule has 0 atom stereocenters. The second-order valence-corrected chi connectivity index (χ2v) is 5.15. The molecule has 15 heavy (non-hydrogen) atoms. The van der Waals surface area contributed by atoms with E-state index < -0.39 is 0 Å². The highest BCUT2D eigenvalue weighted by Gasteiger charge is 2.40. The van der Waals surface area contributed by atoms with Gasteiger partial charge in [0.2, 0.25) is 0 Å². The molecule has 2 heteroatoms. The van der Waals surface area contributed by atoms with E-state index >= 15 is 0 Å². The molecule has 0 aromatic rings. The lowest BCUT2D eigenvalue weighted by Crippen LogP contribution is -2.33. The number of hydrogen-bond donors (Lipinski definition) is 0. The number of hydrogen-bond acceptors (Lipinski definition) is 2. The first-order chi connectivity index (χ1) is 7.10. The number of carbonyl (C=O) groups excluding carboxylic acids is 1. The summed E-state index contributed by atoms with van der Waals surface area (Å²) in [4.78, 5) is 12.1. The zero-order valence-corrected chi connectivity index (χ0v) is 10.3. The van der Waals surface area contributed by atoms with Gasteiger partial charge in [-0.05, 0) is 32.1 Å². The van der Waals surface area contributed by atoms with Crippen molar-refractivity contribution in [1.29, 1.82) is 0 Å². The van der Waals surface area contributed by atoms with Crippen LogP contribution in [0.25, 0.3) is 0 Å². The van der Waals surface area contributed by atoms with Crippen molar-refractivity contribution < 1.29 is 9.53 Å². The molecule has 0 saturated heterocycles. The molecule has 0 aromatic carbocycles. The average Bonchev–Trinajstić information content (AvgIpc) is 2.62. The highest BCUT2D eigenvalue weighted by Crippen LogP contribution is 2.43. The van der Waals surface area contributed by atoms with E-state index in [0.717, 1.165) is 19.3 Å². The second kappa shape index (κ2) is 5.64. The summed E-state index contributed by atoms with van der Waals surface area (Å²) >= 11 is 0. The minimum Gasteiger partial charge on any atom is -0.374 e. The van der Waals surface area contributed by atoms with Crippen molar-refractivity contribution in [2.75, 3.05) is 13.2 Å². The second-order valence-electron chi connectivity index (χ2n) is 5.15. The number of Topliss-reactive ketones (excluding diaryl/α,β-unsaturated/α-hetero) is 1. The fraction of sp³-hybridized carbons (Fsp3) is 0.923. The van der Waals surface area contributed by atoms with Gasteiger partial charge in [0.05, 0.1) is 0 Å². The Kier molecular flexibility index (Phi) is 4.78. The monoisotopic (exact) mass is 212 g/mol. The summed E-state index contributed by atoms with van der Waals surface area (Å²) in [5.74, 6) is 0.948. The molecule has 0 radical (unpaired) electrons. The van der Waals surface area contributed by atoms with E-state index in [1.54, 1.807) is 0 Å². The van der Waals surface area contributed by atoms with Crippen molar-refractivity contribution in [3.05, 3.63) is 0 Å². The molecule has 88 valence electrons. The predicted molar refractivity (Wildman–Crippen MR) is 61.9 cm³/mol. The van der Waals surface area contributed by atoms with Crippen molar-refractivity contribution in [3.63, 3.8) is 0 Å². The summed E-state index contributed by atoms with van der Waals surface area (Å²) in [7, 11) is 0. The Bertz CT molecular complexity index is 203. The SMILES string of the molecule is CCOCC(=O)C1(CC(C)C)CCCC1. The van der Waals surface area contributed by atoms with E-state index in [-0.39, 0.29) is 5.41 Å². The average molecular weight is 212 g/mol. The molecule has 0 spiro atoms. The quantitative estimate of drug-likeness (QED) is 0.676. The number of ketones is 1. The summed E-state index contributed by atoms with van der Waals surface area (Å²) in [5, 5.41) is 0. The van der Waals surface area contributed by atoms with Crippen LogP contribution in [0.3, 0.4) is 0 Å². The molecule has 0 aromatic heterocycles. The molecule has 0 unspecified atom stereocenters. The highest BCUT2D eigenvalue weighted by molar-refractivity contribution is 5.86. The van der Waals surface area contributed by atoms with Crippen LogP contribution in [0.2, 0.25) is 0 Å². The van der Waals surface area contributed by atoms with Crippen LogP contribution in [0.15, 0.2) is 0 Å². The maximum Gasteiger partial charge on any atom is 0.164 e. The Morgan fingerprint density at radius 3 is 2.40 bits per heavy atom. The van der Waals surface area contributed by atoms with Gasteiger partial charge in [-0.1, -0.05) is 26.7 Å². The third-order valence-corrected chi connectivity index (χ3v) is 3.39. The van der Waals surface area contributed by atoms with Gasteiger partial charge in [0, 0.05) is 12.0 Å². The maximum atomic E-state index is 12.1. The van der Waals surface area contributed by atoms with Crippen LogP contribution in [0, 0.1) is 11.3 Å². The summed E-state index contributed by atoms with van der Waals surface area (Å²) in [5.41, 5.74) is -0.0384. The predicted octanol–water partition coefficient (Wildman–Crippen LogP) is 3.20. The lowest BCUT2D eigenvalue weighted by Gasteiger charge is -2.29. The van der Waals surface area contributed by atoms with Gasteiger partial charge in [-0.25, -0.2) is 0 Å². The fourth-order valence-electron chi connectivity index (χ4n) is 2.78. The Morgan fingerprint density at radius 1 is 1.33 bits per heavy atom. The van der Waals surface area contributed by atoms with E-state index in [1.165, 1.54) is 12.8 Å². The lowest BCUT2D eigenvalue weighted by atomic mass is 9.75. The van der Waals surface area contributed by atoms with Crippen molar-refractivity contribution in [2.45, 2.75) is 52.9 Å². The maximum absolute atomic E-state index is 12.1. The first-order valence-electron chi connectivity index (χ1n) is 6.22. The highest BCUT2D eigenvalue weighted by atomic mass is 16.5. The van der Waals surface area contributed by atoms with Crippen LogP contribution < -0.4 is 0 Å². The van der Waals surface area contributed by atoms with Crippen LogP contribution in [0.5, 0.6) is 0 Å². The molecule has 1 saturated carbocycles. The molecule has 0 N–H and O–H groups in total. The van der Waals surface area contributed by atoms with E-state index in [4.69, 9.17) is 4.74 Å². The van der Waals surface area contributed by atoms with Crippen molar-refractivity contribution in [3.8, 4) is 0 Å². The van der Waals surface area contributed by atoms with Crippen LogP contribution >= 0.6 is 0 Å². The van der Waals surface area contributed by atoms with Crippen molar-refractivity contribution in [2.24, 2.45) is 11.3 Å². The molecule has 0 amide bonds. The Morgan fingerprint density at radius 2 is 1.93 bits per heavy atom. The van der Waals surface area contributed by atoms with Crippen molar-refractivity contribution >= 4 is 5.78 Å². The topological polar surface area (TPSA) is 26.3 Å². The van der Waals surface area contributed by atoms with Crippen LogP contribution in [-0.4, -0.2) is 19.0 Å². The minimum absolute atomic E-state index is 0.0384. The first kappa shape index (κ1) is 12.7. The van der Waals surface area contributed by atoms with Gasteiger partial charge >= 0.3 is 0 Å². The third kappa shape index (κ3) is 3.30. The molecule has 1 rings (SSSR count). The molecular formula is C13H24O2. The molecule has 0 bridgehead atoms. The summed E-state index contributed by atoms with van der Waals surface area (Å²) in [6.07, 6.45) is 5.63. The number of ether oxygens (including phenoxy) is 1. The van der Waals surface area contributed by atoms with Gasteiger partial charge in [-0.2, -0.15) is 0 Å².